The van der Waals surface area contributed by atoms with Crippen LogP contribution in [0.4, 0.5) is 0 Å². The van der Waals surface area contributed by atoms with Gasteiger partial charge in [-0.25, -0.2) is 0 Å². The van der Waals surface area contributed by atoms with Gasteiger partial charge in [0.2, 0.25) is 0 Å². The van der Waals surface area contributed by atoms with E-state index in [0.717, 1.165) is 5.92 Å². The molecule has 0 aromatic rings. The number of hydrogen-bond acceptors (Lipinski definition) is 0. The maximum atomic E-state index is 3.67. The number of rotatable bonds is 3. The quantitative estimate of drug-likeness (QED) is 0.647. The normalized spacial score (nSPS) is 27.9. The molecule has 13 heavy (non-hydrogen) atoms. The Kier molecular flexibility index (Phi) is 4.24. The van der Waals surface area contributed by atoms with Crippen molar-refractivity contribution in [2.45, 2.75) is 38.4 Å². The molecule has 1 heteroatoms. The van der Waals surface area contributed by atoms with Crippen LogP contribution in [-0.2, 0) is 0 Å². The lowest BCUT2D eigenvalue weighted by molar-refractivity contribution is 0.585. The van der Waals surface area contributed by atoms with Crippen LogP contribution in [0.2, 0.25) is 0 Å². The van der Waals surface area contributed by atoms with Crippen LogP contribution in [0.1, 0.15) is 33.6 Å². The van der Waals surface area contributed by atoms with Crippen LogP contribution in [0, 0.1) is 11.8 Å². The molecular formula is C12H19Br. The smallest absolute Gasteiger partial charge is 0.0391 e. The van der Waals surface area contributed by atoms with Crippen LogP contribution in [0.25, 0.3) is 0 Å². The summed E-state index contributed by atoms with van der Waals surface area (Å²) in [6.45, 7) is 6.80. The highest BCUT2D eigenvalue weighted by molar-refractivity contribution is 9.09. The van der Waals surface area contributed by atoms with E-state index in [4.69, 9.17) is 0 Å². The van der Waals surface area contributed by atoms with E-state index in [2.05, 4.69) is 54.9 Å². The highest BCUT2D eigenvalue weighted by atomic mass is 79.9. The second-order valence-electron chi connectivity index (χ2n) is 4.34. The molecule has 1 aliphatic carbocycles. The van der Waals surface area contributed by atoms with Gasteiger partial charge in [-0.2, -0.15) is 0 Å². The van der Waals surface area contributed by atoms with Gasteiger partial charge in [-0.05, 0) is 24.7 Å². The summed E-state index contributed by atoms with van der Waals surface area (Å²) in [7, 11) is 0. The van der Waals surface area contributed by atoms with E-state index in [1.165, 1.54) is 18.4 Å². The second kappa shape index (κ2) is 4.99. The van der Waals surface area contributed by atoms with Crippen molar-refractivity contribution in [1.29, 1.82) is 0 Å². The molecule has 0 spiro atoms. The minimum atomic E-state index is 0.541. The van der Waals surface area contributed by atoms with Gasteiger partial charge in [-0.15, -0.1) is 0 Å². The van der Waals surface area contributed by atoms with Crippen LogP contribution >= 0.6 is 15.9 Å². The SMILES string of the molecule is CC(C)CCC1=CC(Br)C(C)C=C1. The van der Waals surface area contributed by atoms with Gasteiger partial charge < -0.3 is 0 Å². The summed E-state index contributed by atoms with van der Waals surface area (Å²) in [6.07, 6.45) is 9.46. The molecule has 1 rings (SSSR count). The summed E-state index contributed by atoms with van der Waals surface area (Å²) in [4.78, 5) is 0.541. The largest absolute Gasteiger partial charge is 0.0839 e. The molecule has 2 unspecified atom stereocenters. The molecular weight excluding hydrogens is 224 g/mol. The molecule has 74 valence electrons. The average Bonchev–Trinajstić information content (AvgIpc) is 2.07. The second-order valence-corrected chi connectivity index (χ2v) is 5.39. The summed E-state index contributed by atoms with van der Waals surface area (Å²) in [5.74, 6) is 1.45. The zero-order valence-electron chi connectivity index (χ0n) is 8.76. The molecule has 0 fully saturated rings. The van der Waals surface area contributed by atoms with Crippen molar-refractivity contribution in [3.63, 3.8) is 0 Å². The van der Waals surface area contributed by atoms with Crippen LogP contribution in [0.5, 0.6) is 0 Å². The number of hydrogen-bond donors (Lipinski definition) is 0. The Bertz CT molecular complexity index is 213. The van der Waals surface area contributed by atoms with Crippen molar-refractivity contribution in [1.82, 2.24) is 0 Å². The van der Waals surface area contributed by atoms with Crippen molar-refractivity contribution < 1.29 is 0 Å². The molecule has 0 saturated carbocycles. The minimum Gasteiger partial charge on any atom is -0.0839 e. The van der Waals surface area contributed by atoms with Crippen LogP contribution in [0.3, 0.4) is 0 Å². The summed E-state index contributed by atoms with van der Waals surface area (Å²) in [5, 5.41) is 0. The van der Waals surface area contributed by atoms with Gasteiger partial charge >= 0.3 is 0 Å². The molecule has 0 radical (unpaired) electrons. The molecule has 0 amide bonds. The highest BCUT2D eigenvalue weighted by Crippen LogP contribution is 2.25. The maximum absolute atomic E-state index is 3.67. The lowest BCUT2D eigenvalue weighted by atomic mass is 9.94. The molecule has 0 saturated heterocycles. The fourth-order valence-electron chi connectivity index (χ4n) is 1.42. The van der Waals surface area contributed by atoms with E-state index in [0.29, 0.717) is 10.7 Å². The van der Waals surface area contributed by atoms with Gasteiger partial charge in [-0.1, -0.05) is 60.5 Å². The standard InChI is InChI=1S/C12H19Br/c1-9(2)4-6-11-7-5-10(3)12(13)8-11/h5,7-10,12H,4,6H2,1-3H3. The summed E-state index contributed by atoms with van der Waals surface area (Å²) < 4.78 is 0. The van der Waals surface area contributed by atoms with Gasteiger partial charge in [0.1, 0.15) is 0 Å². The molecule has 0 aliphatic heterocycles. The summed E-state index contributed by atoms with van der Waals surface area (Å²) in [6, 6.07) is 0. The van der Waals surface area contributed by atoms with Gasteiger partial charge in [0, 0.05) is 4.83 Å². The van der Waals surface area contributed by atoms with E-state index in [1.54, 1.807) is 0 Å². The molecule has 0 aromatic heterocycles. The van der Waals surface area contributed by atoms with Crippen LogP contribution in [-0.4, -0.2) is 4.83 Å². The van der Waals surface area contributed by atoms with Crippen LogP contribution < -0.4 is 0 Å². The third-order valence-corrected chi connectivity index (χ3v) is 3.60. The maximum Gasteiger partial charge on any atom is 0.0391 e. The zero-order chi connectivity index (χ0) is 9.84. The van der Waals surface area contributed by atoms with Crippen molar-refractivity contribution in [3.05, 3.63) is 23.8 Å². The summed E-state index contributed by atoms with van der Waals surface area (Å²) >= 11 is 3.67. The Morgan fingerprint density at radius 1 is 1.46 bits per heavy atom. The van der Waals surface area contributed by atoms with Crippen molar-refractivity contribution in [2.24, 2.45) is 11.8 Å². The predicted molar refractivity (Wildman–Crippen MR) is 63.2 cm³/mol. The van der Waals surface area contributed by atoms with E-state index in [1.807, 2.05) is 0 Å². The molecule has 0 heterocycles. The Labute approximate surface area is 90.2 Å². The minimum absolute atomic E-state index is 0.541. The van der Waals surface area contributed by atoms with Gasteiger partial charge in [0.15, 0.2) is 0 Å². The van der Waals surface area contributed by atoms with E-state index in [-0.39, 0.29) is 0 Å². The first kappa shape index (κ1) is 11.0. The number of allylic oxidation sites excluding steroid dienone is 4. The van der Waals surface area contributed by atoms with E-state index in [9.17, 15) is 0 Å². The Morgan fingerprint density at radius 2 is 2.15 bits per heavy atom. The van der Waals surface area contributed by atoms with Crippen molar-refractivity contribution >= 4 is 15.9 Å². The molecule has 0 bridgehead atoms. The monoisotopic (exact) mass is 242 g/mol. The van der Waals surface area contributed by atoms with Gasteiger partial charge in [-0.3, -0.25) is 0 Å². The number of halogens is 1. The van der Waals surface area contributed by atoms with Crippen molar-refractivity contribution in [3.8, 4) is 0 Å². The number of alkyl halides is 1. The first-order valence-electron chi connectivity index (χ1n) is 5.12. The topological polar surface area (TPSA) is 0 Å². The van der Waals surface area contributed by atoms with Crippen LogP contribution in [0.15, 0.2) is 23.8 Å². The first-order chi connectivity index (χ1) is 6.09. The highest BCUT2D eigenvalue weighted by Gasteiger charge is 2.13. The Hall–Kier alpha value is -0.0400. The predicted octanol–water partition coefficient (Wildman–Crippen LogP) is 4.32. The van der Waals surface area contributed by atoms with Gasteiger partial charge in [0.25, 0.3) is 0 Å². The fraction of sp³-hybridized carbons (Fsp3) is 0.667. The molecule has 1 aliphatic rings. The zero-order valence-corrected chi connectivity index (χ0v) is 10.3. The Balaban J connectivity index is 2.44. The fourth-order valence-corrected chi connectivity index (χ4v) is 1.93. The third kappa shape index (κ3) is 3.68. The molecule has 0 aromatic carbocycles. The van der Waals surface area contributed by atoms with E-state index >= 15 is 0 Å². The van der Waals surface area contributed by atoms with E-state index < -0.39 is 0 Å². The molecule has 0 nitrogen and oxygen atoms in total. The first-order valence-corrected chi connectivity index (χ1v) is 6.04. The van der Waals surface area contributed by atoms with Gasteiger partial charge in [0.05, 0.1) is 0 Å². The lowest BCUT2D eigenvalue weighted by Crippen LogP contribution is -2.09. The third-order valence-electron chi connectivity index (χ3n) is 2.50. The average molecular weight is 243 g/mol. The summed E-state index contributed by atoms with van der Waals surface area (Å²) in [5.41, 5.74) is 1.49. The molecule has 2 atom stereocenters. The Morgan fingerprint density at radius 3 is 2.69 bits per heavy atom. The molecule has 0 N–H and O–H groups in total. The van der Waals surface area contributed by atoms with Crippen molar-refractivity contribution in [2.75, 3.05) is 0 Å². The lowest BCUT2D eigenvalue weighted by Gasteiger charge is -2.18.